The van der Waals surface area contributed by atoms with E-state index in [1.807, 2.05) is 18.3 Å². The monoisotopic (exact) mass is 279 g/mol. The number of aromatic nitrogens is 1. The van der Waals surface area contributed by atoms with Gasteiger partial charge < -0.3 is 10.2 Å². The highest BCUT2D eigenvalue weighted by atomic mass is 35.5. The van der Waals surface area contributed by atoms with Crippen molar-refractivity contribution in [1.29, 1.82) is 0 Å². The van der Waals surface area contributed by atoms with E-state index in [1.165, 1.54) is 12.8 Å². The summed E-state index contributed by atoms with van der Waals surface area (Å²) in [4.78, 5) is 6.68. The van der Waals surface area contributed by atoms with E-state index in [-0.39, 0.29) is 0 Å². The number of pyridine rings is 1. The maximum Gasteiger partial charge on any atom is 0.147 e. The number of nitrogens with zero attached hydrogens (tertiary/aromatic N) is 2. The van der Waals surface area contributed by atoms with Crippen LogP contribution in [-0.4, -0.2) is 24.1 Å². The summed E-state index contributed by atoms with van der Waals surface area (Å²) in [6.07, 6.45) is 7.46. The highest BCUT2D eigenvalue weighted by Crippen LogP contribution is 2.25. The molecule has 0 aromatic carbocycles. The van der Waals surface area contributed by atoms with Gasteiger partial charge in [0.1, 0.15) is 5.82 Å². The quantitative estimate of drug-likeness (QED) is 0.740. The standard InChI is InChI=1S/C15H22ClN3/c1-3-7-19(8-4-2)15-14(16)9-12(11-18-15)10-17-13-5-6-13/h3,9,11,13,17H,1,4-8,10H2,2H3. The minimum absolute atomic E-state index is 0.704. The minimum Gasteiger partial charge on any atom is -0.352 e. The van der Waals surface area contributed by atoms with E-state index in [2.05, 4.69) is 28.7 Å². The molecular formula is C15H22ClN3. The van der Waals surface area contributed by atoms with Gasteiger partial charge in [0.15, 0.2) is 0 Å². The smallest absolute Gasteiger partial charge is 0.147 e. The average Bonchev–Trinajstić information content (AvgIpc) is 3.20. The molecule has 0 bridgehead atoms. The lowest BCUT2D eigenvalue weighted by Gasteiger charge is -2.22. The van der Waals surface area contributed by atoms with Gasteiger partial charge in [-0.3, -0.25) is 0 Å². The van der Waals surface area contributed by atoms with Crippen LogP contribution in [0.1, 0.15) is 31.7 Å². The van der Waals surface area contributed by atoms with Crippen molar-refractivity contribution in [2.24, 2.45) is 0 Å². The number of halogens is 1. The molecule has 1 aliphatic carbocycles. The maximum absolute atomic E-state index is 6.36. The summed E-state index contributed by atoms with van der Waals surface area (Å²) in [5.74, 6) is 0.860. The van der Waals surface area contributed by atoms with Crippen LogP contribution < -0.4 is 10.2 Å². The molecule has 19 heavy (non-hydrogen) atoms. The predicted molar refractivity (Wildman–Crippen MR) is 81.8 cm³/mol. The van der Waals surface area contributed by atoms with Crippen LogP contribution in [0.4, 0.5) is 5.82 Å². The topological polar surface area (TPSA) is 28.2 Å². The van der Waals surface area contributed by atoms with E-state index >= 15 is 0 Å². The summed E-state index contributed by atoms with van der Waals surface area (Å²) in [7, 11) is 0. The van der Waals surface area contributed by atoms with Crippen molar-refractivity contribution in [2.45, 2.75) is 38.8 Å². The van der Waals surface area contributed by atoms with Gasteiger partial charge in [0.2, 0.25) is 0 Å². The molecule has 0 amide bonds. The van der Waals surface area contributed by atoms with Crippen LogP contribution in [0.2, 0.25) is 5.02 Å². The SMILES string of the molecule is C=CCN(CCC)c1ncc(CNC2CC2)cc1Cl. The van der Waals surface area contributed by atoms with Gasteiger partial charge in [-0.25, -0.2) is 4.98 Å². The number of nitrogens with one attached hydrogen (secondary N) is 1. The van der Waals surface area contributed by atoms with Crippen LogP contribution in [0.25, 0.3) is 0 Å². The third-order valence-electron chi connectivity index (χ3n) is 3.19. The lowest BCUT2D eigenvalue weighted by molar-refractivity contribution is 0.685. The van der Waals surface area contributed by atoms with Gasteiger partial charge in [0.05, 0.1) is 5.02 Å². The maximum atomic E-state index is 6.36. The molecule has 0 radical (unpaired) electrons. The fourth-order valence-corrected chi connectivity index (χ4v) is 2.37. The first kappa shape index (κ1) is 14.4. The number of anilines is 1. The molecule has 1 fully saturated rings. The van der Waals surface area contributed by atoms with E-state index in [1.54, 1.807) is 0 Å². The molecule has 0 saturated heterocycles. The predicted octanol–water partition coefficient (Wildman–Crippen LogP) is 3.39. The van der Waals surface area contributed by atoms with E-state index in [0.717, 1.165) is 42.5 Å². The summed E-state index contributed by atoms with van der Waals surface area (Å²) in [5.41, 5.74) is 1.15. The van der Waals surface area contributed by atoms with Crippen molar-refractivity contribution in [3.63, 3.8) is 0 Å². The van der Waals surface area contributed by atoms with Gasteiger partial charge in [0.25, 0.3) is 0 Å². The van der Waals surface area contributed by atoms with Gasteiger partial charge in [-0.2, -0.15) is 0 Å². The summed E-state index contributed by atoms with van der Waals surface area (Å²) < 4.78 is 0. The Morgan fingerprint density at radius 1 is 1.58 bits per heavy atom. The molecule has 0 unspecified atom stereocenters. The van der Waals surface area contributed by atoms with Gasteiger partial charge in [-0.05, 0) is 30.9 Å². The molecule has 0 aliphatic heterocycles. The van der Waals surface area contributed by atoms with Gasteiger partial charge >= 0.3 is 0 Å². The summed E-state index contributed by atoms with van der Waals surface area (Å²) in [6, 6.07) is 2.72. The first-order valence-corrected chi connectivity index (χ1v) is 7.36. The Morgan fingerprint density at radius 3 is 2.95 bits per heavy atom. The Balaban J connectivity index is 2.04. The Labute approximate surface area is 120 Å². The molecule has 1 aromatic heterocycles. The molecule has 1 N–H and O–H groups in total. The molecule has 1 saturated carbocycles. The molecule has 2 rings (SSSR count). The molecule has 1 aliphatic rings. The second kappa shape index (κ2) is 6.92. The molecule has 1 heterocycles. The second-order valence-electron chi connectivity index (χ2n) is 5.04. The molecule has 0 atom stereocenters. The van der Waals surface area contributed by atoms with E-state index in [0.29, 0.717) is 6.04 Å². The first-order chi connectivity index (χ1) is 9.24. The zero-order valence-electron chi connectivity index (χ0n) is 11.5. The van der Waals surface area contributed by atoms with Gasteiger partial charge in [-0.1, -0.05) is 24.6 Å². The summed E-state index contributed by atoms with van der Waals surface area (Å²) in [5, 5.41) is 4.20. The number of hydrogen-bond acceptors (Lipinski definition) is 3. The van der Waals surface area contributed by atoms with E-state index < -0.39 is 0 Å². The molecule has 0 spiro atoms. The normalized spacial score (nSPS) is 14.4. The van der Waals surface area contributed by atoms with E-state index in [9.17, 15) is 0 Å². The third kappa shape index (κ3) is 4.22. The first-order valence-electron chi connectivity index (χ1n) is 6.98. The van der Waals surface area contributed by atoms with Crippen LogP contribution >= 0.6 is 11.6 Å². The molecule has 3 nitrogen and oxygen atoms in total. The zero-order valence-corrected chi connectivity index (χ0v) is 12.3. The number of hydrogen-bond donors (Lipinski definition) is 1. The van der Waals surface area contributed by atoms with Crippen molar-refractivity contribution in [3.8, 4) is 0 Å². The lowest BCUT2D eigenvalue weighted by atomic mass is 10.2. The van der Waals surface area contributed by atoms with Crippen LogP contribution in [0.15, 0.2) is 24.9 Å². The number of rotatable bonds is 8. The summed E-state index contributed by atoms with van der Waals surface area (Å²) in [6.45, 7) is 8.51. The minimum atomic E-state index is 0.704. The Morgan fingerprint density at radius 2 is 2.37 bits per heavy atom. The largest absolute Gasteiger partial charge is 0.352 e. The highest BCUT2D eigenvalue weighted by Gasteiger charge is 2.20. The van der Waals surface area contributed by atoms with Crippen molar-refractivity contribution in [1.82, 2.24) is 10.3 Å². The molecular weight excluding hydrogens is 258 g/mol. The van der Waals surface area contributed by atoms with Crippen molar-refractivity contribution >= 4 is 17.4 Å². The fourth-order valence-electron chi connectivity index (χ4n) is 2.06. The molecule has 4 heteroatoms. The molecule has 1 aromatic rings. The van der Waals surface area contributed by atoms with Crippen LogP contribution in [0.3, 0.4) is 0 Å². The van der Waals surface area contributed by atoms with Crippen LogP contribution in [0.5, 0.6) is 0 Å². The Hall–Kier alpha value is -1.06. The lowest BCUT2D eigenvalue weighted by Crippen LogP contribution is -2.25. The van der Waals surface area contributed by atoms with Crippen LogP contribution in [-0.2, 0) is 6.54 Å². The Kier molecular flexibility index (Phi) is 5.23. The second-order valence-corrected chi connectivity index (χ2v) is 5.45. The highest BCUT2D eigenvalue weighted by molar-refractivity contribution is 6.33. The molecule has 104 valence electrons. The van der Waals surface area contributed by atoms with Gasteiger partial charge in [-0.15, -0.1) is 6.58 Å². The van der Waals surface area contributed by atoms with Crippen molar-refractivity contribution in [2.75, 3.05) is 18.0 Å². The summed E-state index contributed by atoms with van der Waals surface area (Å²) >= 11 is 6.36. The fraction of sp³-hybridized carbons (Fsp3) is 0.533. The Bertz CT molecular complexity index is 429. The van der Waals surface area contributed by atoms with Crippen molar-refractivity contribution in [3.05, 3.63) is 35.5 Å². The third-order valence-corrected chi connectivity index (χ3v) is 3.47. The zero-order chi connectivity index (χ0) is 13.7. The van der Waals surface area contributed by atoms with Crippen LogP contribution in [0, 0.1) is 0 Å². The van der Waals surface area contributed by atoms with E-state index in [4.69, 9.17) is 11.6 Å². The average molecular weight is 280 g/mol. The van der Waals surface area contributed by atoms with Crippen molar-refractivity contribution < 1.29 is 0 Å². The van der Waals surface area contributed by atoms with Gasteiger partial charge in [0, 0.05) is 31.9 Å².